The third-order valence-corrected chi connectivity index (χ3v) is 3.24. The molecule has 0 radical (unpaired) electrons. The van der Waals surface area contributed by atoms with E-state index in [-0.39, 0.29) is 0 Å². The summed E-state index contributed by atoms with van der Waals surface area (Å²) in [7, 11) is 0. The Hall–Kier alpha value is -1.11. The highest BCUT2D eigenvalue weighted by Gasteiger charge is 2.18. The van der Waals surface area contributed by atoms with Crippen LogP contribution in [0.5, 0.6) is 0 Å². The van der Waals surface area contributed by atoms with E-state index in [4.69, 9.17) is 0 Å². The highest BCUT2D eigenvalue weighted by Crippen LogP contribution is 2.29. The van der Waals surface area contributed by atoms with Gasteiger partial charge >= 0.3 is 0 Å². The van der Waals surface area contributed by atoms with Gasteiger partial charge in [0.25, 0.3) is 0 Å². The van der Waals surface area contributed by atoms with Crippen LogP contribution in [0, 0.1) is 5.92 Å². The van der Waals surface area contributed by atoms with Crippen LogP contribution in [0.4, 0.5) is 0 Å². The first-order valence-corrected chi connectivity index (χ1v) is 6.14. The number of rotatable bonds is 5. The van der Waals surface area contributed by atoms with Crippen molar-refractivity contribution in [1.82, 2.24) is 0 Å². The topological polar surface area (TPSA) is 17.1 Å². The molecule has 0 spiro atoms. The highest BCUT2D eigenvalue weighted by atomic mass is 16.1. The van der Waals surface area contributed by atoms with Crippen LogP contribution in [0.1, 0.15) is 46.0 Å². The van der Waals surface area contributed by atoms with Gasteiger partial charge in [0.05, 0.1) is 0 Å². The third-order valence-electron chi connectivity index (χ3n) is 3.24. The molecule has 1 rings (SSSR count). The molecule has 0 amide bonds. The van der Waals surface area contributed by atoms with E-state index in [2.05, 4.69) is 25.7 Å². The maximum atomic E-state index is 11.8. The zero-order valence-electron chi connectivity index (χ0n) is 10.5. The van der Waals surface area contributed by atoms with Gasteiger partial charge in [0.15, 0.2) is 5.78 Å². The maximum absolute atomic E-state index is 11.8. The van der Waals surface area contributed by atoms with Crippen LogP contribution in [-0.4, -0.2) is 5.78 Å². The second-order valence-corrected chi connectivity index (χ2v) is 4.58. The monoisotopic (exact) mass is 218 g/mol. The average Bonchev–Trinajstić information content (AvgIpc) is 2.29. The first kappa shape index (κ1) is 13.0. The van der Waals surface area contributed by atoms with Gasteiger partial charge in [0.2, 0.25) is 0 Å². The van der Waals surface area contributed by atoms with E-state index in [1.807, 2.05) is 13.0 Å². The Kier molecular flexibility index (Phi) is 5.24. The molecule has 1 atom stereocenters. The van der Waals surface area contributed by atoms with Gasteiger partial charge in [-0.25, -0.2) is 0 Å². The maximum Gasteiger partial charge on any atom is 0.158 e. The minimum Gasteiger partial charge on any atom is -0.295 e. The molecule has 1 nitrogen and oxygen atoms in total. The Bertz CT molecular complexity index is 320. The van der Waals surface area contributed by atoms with Crippen molar-refractivity contribution < 1.29 is 4.79 Å². The molecule has 0 aromatic carbocycles. The highest BCUT2D eigenvalue weighted by molar-refractivity contribution is 5.95. The predicted molar refractivity (Wildman–Crippen MR) is 69.3 cm³/mol. The van der Waals surface area contributed by atoms with E-state index in [1.54, 1.807) is 0 Å². The summed E-state index contributed by atoms with van der Waals surface area (Å²) in [4.78, 5) is 11.8. The van der Waals surface area contributed by atoms with Gasteiger partial charge in [-0.2, -0.15) is 0 Å². The lowest BCUT2D eigenvalue weighted by atomic mass is 9.84. The smallest absolute Gasteiger partial charge is 0.158 e. The van der Waals surface area contributed by atoms with E-state index >= 15 is 0 Å². The van der Waals surface area contributed by atoms with Crippen LogP contribution in [0.15, 0.2) is 36.0 Å². The Morgan fingerprint density at radius 3 is 2.88 bits per heavy atom. The molecule has 1 unspecified atom stereocenters. The number of hydrogen-bond donors (Lipinski definition) is 0. The fourth-order valence-corrected chi connectivity index (χ4v) is 2.08. The molecule has 1 heteroatoms. The largest absolute Gasteiger partial charge is 0.295 e. The minimum absolute atomic E-state index is 0.332. The normalized spacial score (nSPS) is 20.9. The molecule has 88 valence electrons. The molecule has 0 bridgehead atoms. The summed E-state index contributed by atoms with van der Waals surface area (Å²) in [5.74, 6) is 0.922. The number of carbonyl (C=O) groups is 1. The first-order chi connectivity index (χ1) is 7.65. The molecule has 1 aliphatic rings. The molecule has 0 aromatic heterocycles. The summed E-state index contributed by atoms with van der Waals surface area (Å²) in [6, 6.07) is 0. The number of Topliss-reactive ketones (excluding diaryl/α,β-unsaturated/α-hetero) is 1. The van der Waals surface area contributed by atoms with Crippen LogP contribution < -0.4 is 0 Å². The zero-order chi connectivity index (χ0) is 12.0. The van der Waals surface area contributed by atoms with Gasteiger partial charge in [0, 0.05) is 6.42 Å². The van der Waals surface area contributed by atoms with Crippen molar-refractivity contribution in [2.45, 2.75) is 46.0 Å². The van der Waals surface area contributed by atoms with Crippen molar-refractivity contribution >= 4 is 5.78 Å². The van der Waals surface area contributed by atoms with Crippen molar-refractivity contribution in [2.24, 2.45) is 5.92 Å². The number of ketones is 1. The molecule has 0 aliphatic heterocycles. The molecule has 16 heavy (non-hydrogen) atoms. The van der Waals surface area contributed by atoms with Crippen molar-refractivity contribution in [3.63, 3.8) is 0 Å². The van der Waals surface area contributed by atoms with E-state index in [1.165, 1.54) is 5.57 Å². The molecular formula is C15H22O. The van der Waals surface area contributed by atoms with E-state index in [9.17, 15) is 4.79 Å². The molecule has 0 fully saturated rings. The lowest BCUT2D eigenvalue weighted by molar-refractivity contribution is -0.115. The van der Waals surface area contributed by atoms with Gasteiger partial charge in [-0.3, -0.25) is 4.79 Å². The summed E-state index contributed by atoms with van der Waals surface area (Å²) >= 11 is 0. The van der Waals surface area contributed by atoms with Crippen molar-refractivity contribution in [3.8, 4) is 0 Å². The van der Waals surface area contributed by atoms with Gasteiger partial charge in [-0.15, -0.1) is 0 Å². The van der Waals surface area contributed by atoms with Crippen molar-refractivity contribution in [3.05, 3.63) is 36.0 Å². The summed E-state index contributed by atoms with van der Waals surface area (Å²) in [5, 5.41) is 0. The van der Waals surface area contributed by atoms with Crippen LogP contribution >= 0.6 is 0 Å². The molecule has 0 N–H and O–H groups in total. The Morgan fingerprint density at radius 2 is 2.38 bits per heavy atom. The standard InChI is InChI=1S/C15H22O/c1-4-5-6-7-15(16)14-10-8-13(9-11-14)12(2)3/h4-5,10,13H,2,6-9,11H2,1,3H3. The third kappa shape index (κ3) is 3.80. The van der Waals surface area contributed by atoms with Crippen LogP contribution in [-0.2, 0) is 4.79 Å². The molecule has 0 saturated heterocycles. The summed E-state index contributed by atoms with van der Waals surface area (Å²) in [5.41, 5.74) is 2.29. The molecule has 1 aliphatic carbocycles. The second-order valence-electron chi connectivity index (χ2n) is 4.58. The number of allylic oxidation sites excluding steroid dienone is 5. The van der Waals surface area contributed by atoms with Crippen molar-refractivity contribution in [2.75, 3.05) is 0 Å². The first-order valence-electron chi connectivity index (χ1n) is 6.14. The van der Waals surface area contributed by atoms with E-state index < -0.39 is 0 Å². The van der Waals surface area contributed by atoms with Gasteiger partial charge in [-0.1, -0.05) is 30.4 Å². The van der Waals surface area contributed by atoms with Crippen molar-refractivity contribution in [1.29, 1.82) is 0 Å². The molecule has 0 aromatic rings. The van der Waals surface area contributed by atoms with E-state index in [0.29, 0.717) is 18.1 Å². The summed E-state index contributed by atoms with van der Waals surface area (Å²) in [6.07, 6.45) is 10.7. The second kappa shape index (κ2) is 6.47. The fourth-order valence-electron chi connectivity index (χ4n) is 2.08. The van der Waals surface area contributed by atoms with Gasteiger partial charge in [-0.05, 0) is 51.0 Å². The zero-order valence-corrected chi connectivity index (χ0v) is 10.5. The Balaban J connectivity index is 2.44. The lowest BCUT2D eigenvalue weighted by Crippen LogP contribution is -2.11. The minimum atomic E-state index is 0.332. The molecule has 0 saturated carbocycles. The van der Waals surface area contributed by atoms with Gasteiger partial charge in [0.1, 0.15) is 0 Å². The summed E-state index contributed by atoms with van der Waals surface area (Å²) in [6.45, 7) is 8.05. The van der Waals surface area contributed by atoms with Crippen LogP contribution in [0.2, 0.25) is 0 Å². The lowest BCUT2D eigenvalue weighted by Gasteiger charge is -2.21. The van der Waals surface area contributed by atoms with E-state index in [0.717, 1.165) is 31.3 Å². The van der Waals surface area contributed by atoms with Crippen LogP contribution in [0.25, 0.3) is 0 Å². The Morgan fingerprint density at radius 1 is 1.62 bits per heavy atom. The Labute approximate surface area is 98.9 Å². The fraction of sp³-hybridized carbons (Fsp3) is 0.533. The molecular weight excluding hydrogens is 196 g/mol. The SMILES string of the molecule is C=C(C)C1CC=C(C(=O)CCC=CC)CC1. The average molecular weight is 218 g/mol. The number of carbonyl (C=O) groups excluding carboxylic acids is 1. The van der Waals surface area contributed by atoms with Crippen LogP contribution in [0.3, 0.4) is 0 Å². The van der Waals surface area contributed by atoms with Gasteiger partial charge < -0.3 is 0 Å². The number of hydrogen-bond acceptors (Lipinski definition) is 1. The summed E-state index contributed by atoms with van der Waals surface area (Å²) < 4.78 is 0. The predicted octanol–water partition coefficient (Wildman–Crippen LogP) is 4.21. The quantitative estimate of drug-likeness (QED) is 0.632. The molecule has 0 heterocycles.